The average molecular weight is 631 g/mol. The Morgan fingerprint density at radius 2 is 1.76 bits per heavy atom. The van der Waals surface area contributed by atoms with Crippen LogP contribution in [0.5, 0.6) is 5.75 Å². The second kappa shape index (κ2) is 15.1. The molecule has 1 N–H and O–H groups in total. The van der Waals surface area contributed by atoms with E-state index in [9.17, 15) is 14.3 Å². The second-order valence-electron chi connectivity index (χ2n) is 13.8. The van der Waals surface area contributed by atoms with Gasteiger partial charge in [-0.25, -0.2) is 4.39 Å². The van der Waals surface area contributed by atoms with E-state index < -0.39 is 12.0 Å². The standard InChI is InChI=1S/C38H51FN4O3/c1-3-43-36(23-33(40-43)21-27-13-15-34(16-14-27)46-4-2)28-17-19-41(20-18-28)24-31-25-42(26-35(31)30-11-8-12-32(39)22-30)37(38(44)45)29-9-6-5-7-10-29/h8,11-16,22-23,28-29,31,35,37H,3-7,9-10,17-21,24-26H2,1-2H3,(H,44,45)/t31-,35+,37+/m0/s1. The van der Waals surface area contributed by atoms with Crippen LogP contribution in [0.4, 0.5) is 4.39 Å². The van der Waals surface area contributed by atoms with Gasteiger partial charge in [-0.15, -0.1) is 0 Å². The Balaban J connectivity index is 1.11. The molecular formula is C38H51FN4O3. The predicted molar refractivity (Wildman–Crippen MR) is 179 cm³/mol. The first-order chi connectivity index (χ1) is 22.4. The molecule has 0 bridgehead atoms. The minimum atomic E-state index is -0.694. The topological polar surface area (TPSA) is 70.8 Å². The van der Waals surface area contributed by atoms with E-state index in [-0.39, 0.29) is 23.6 Å². The third kappa shape index (κ3) is 7.66. The second-order valence-corrected chi connectivity index (χ2v) is 13.8. The summed E-state index contributed by atoms with van der Waals surface area (Å²) in [7, 11) is 0. The molecule has 3 atom stereocenters. The molecule has 6 rings (SSSR count). The lowest BCUT2D eigenvalue weighted by atomic mass is 9.83. The summed E-state index contributed by atoms with van der Waals surface area (Å²) in [5.41, 5.74) is 4.68. The number of aliphatic carboxylic acids is 1. The van der Waals surface area contributed by atoms with Crippen LogP contribution in [-0.4, -0.2) is 76.0 Å². The fourth-order valence-corrected chi connectivity index (χ4v) is 8.51. The molecule has 0 radical (unpaired) electrons. The van der Waals surface area contributed by atoms with E-state index in [0.29, 0.717) is 19.1 Å². The van der Waals surface area contributed by atoms with Crippen molar-refractivity contribution < 1.29 is 19.0 Å². The first-order valence-electron chi connectivity index (χ1n) is 17.6. The number of piperidine rings is 1. The smallest absolute Gasteiger partial charge is 0.321 e. The van der Waals surface area contributed by atoms with E-state index in [1.54, 1.807) is 12.1 Å². The molecule has 3 heterocycles. The fourth-order valence-electron chi connectivity index (χ4n) is 8.51. The zero-order valence-corrected chi connectivity index (χ0v) is 27.6. The van der Waals surface area contributed by atoms with Crippen molar-refractivity contribution in [3.05, 3.63) is 82.9 Å². The number of aryl methyl sites for hydroxylation is 1. The molecule has 46 heavy (non-hydrogen) atoms. The van der Waals surface area contributed by atoms with Crippen molar-refractivity contribution in [2.75, 3.05) is 39.3 Å². The summed E-state index contributed by atoms with van der Waals surface area (Å²) in [4.78, 5) is 17.4. The zero-order valence-electron chi connectivity index (χ0n) is 27.6. The van der Waals surface area contributed by atoms with Crippen LogP contribution in [0.15, 0.2) is 54.6 Å². The maximum absolute atomic E-state index is 14.4. The van der Waals surface area contributed by atoms with Crippen LogP contribution in [0.3, 0.4) is 0 Å². The highest BCUT2D eigenvalue weighted by atomic mass is 19.1. The van der Waals surface area contributed by atoms with Crippen molar-refractivity contribution in [2.45, 2.75) is 89.6 Å². The lowest BCUT2D eigenvalue weighted by molar-refractivity contribution is -0.145. The molecule has 8 heteroatoms. The summed E-state index contributed by atoms with van der Waals surface area (Å²) in [6.07, 6.45) is 8.39. The van der Waals surface area contributed by atoms with Gasteiger partial charge < -0.3 is 14.7 Å². The summed E-state index contributed by atoms with van der Waals surface area (Å²) in [6.45, 7) is 10.1. The van der Waals surface area contributed by atoms with Gasteiger partial charge in [-0.3, -0.25) is 14.4 Å². The Kier molecular flexibility index (Phi) is 10.7. The fraction of sp³-hybridized carbons (Fsp3) is 0.579. The van der Waals surface area contributed by atoms with Gasteiger partial charge in [0.1, 0.15) is 17.6 Å². The van der Waals surface area contributed by atoms with Crippen LogP contribution in [0.25, 0.3) is 0 Å². The summed E-state index contributed by atoms with van der Waals surface area (Å²) in [5, 5.41) is 15.3. The largest absolute Gasteiger partial charge is 0.494 e. The number of rotatable bonds is 12. The quantitative estimate of drug-likeness (QED) is 0.233. The third-order valence-electron chi connectivity index (χ3n) is 10.8. The van der Waals surface area contributed by atoms with Gasteiger partial charge in [0.25, 0.3) is 0 Å². The van der Waals surface area contributed by atoms with Gasteiger partial charge in [0.05, 0.1) is 12.3 Å². The molecule has 2 aliphatic heterocycles. The van der Waals surface area contributed by atoms with Crippen LogP contribution in [-0.2, 0) is 17.8 Å². The highest BCUT2D eigenvalue weighted by Gasteiger charge is 2.43. The van der Waals surface area contributed by atoms with E-state index in [4.69, 9.17) is 9.84 Å². The number of carbonyl (C=O) groups is 1. The predicted octanol–water partition coefficient (Wildman–Crippen LogP) is 6.96. The Morgan fingerprint density at radius 3 is 2.43 bits per heavy atom. The van der Waals surface area contributed by atoms with Crippen LogP contribution in [0, 0.1) is 17.7 Å². The number of hydrogen-bond acceptors (Lipinski definition) is 5. The number of carboxylic acids is 1. The number of ether oxygens (including phenoxy) is 1. The number of benzene rings is 2. The normalized spacial score (nSPS) is 22.7. The molecule has 1 aliphatic carbocycles. The van der Waals surface area contributed by atoms with Gasteiger partial charge in [0.2, 0.25) is 0 Å². The summed E-state index contributed by atoms with van der Waals surface area (Å²) in [6, 6.07) is 17.2. The molecule has 3 aliphatic rings. The molecule has 1 saturated carbocycles. The van der Waals surface area contributed by atoms with Crippen LogP contribution in [0.2, 0.25) is 0 Å². The Labute approximate surface area is 273 Å². The molecule has 2 saturated heterocycles. The molecule has 248 valence electrons. The maximum Gasteiger partial charge on any atom is 0.321 e. The Hall–Kier alpha value is -3.23. The van der Waals surface area contributed by atoms with E-state index >= 15 is 0 Å². The van der Waals surface area contributed by atoms with Crippen molar-refractivity contribution in [2.24, 2.45) is 11.8 Å². The van der Waals surface area contributed by atoms with Crippen molar-refractivity contribution in [3.8, 4) is 5.75 Å². The van der Waals surface area contributed by atoms with Crippen molar-refractivity contribution >= 4 is 5.97 Å². The number of halogens is 1. The van der Waals surface area contributed by atoms with Gasteiger partial charge in [-0.2, -0.15) is 5.10 Å². The monoisotopic (exact) mass is 630 g/mol. The minimum absolute atomic E-state index is 0.130. The summed E-state index contributed by atoms with van der Waals surface area (Å²) < 4.78 is 22.2. The lowest BCUT2D eigenvalue weighted by Gasteiger charge is -2.35. The maximum atomic E-state index is 14.4. The molecule has 3 fully saturated rings. The lowest BCUT2D eigenvalue weighted by Crippen LogP contribution is -2.46. The molecule has 3 aromatic rings. The van der Waals surface area contributed by atoms with Crippen LogP contribution >= 0.6 is 0 Å². The molecule has 7 nitrogen and oxygen atoms in total. The van der Waals surface area contributed by atoms with E-state index in [1.165, 1.54) is 23.7 Å². The number of aromatic nitrogens is 2. The summed E-state index contributed by atoms with van der Waals surface area (Å²) >= 11 is 0. The van der Waals surface area contributed by atoms with Crippen molar-refractivity contribution in [1.82, 2.24) is 19.6 Å². The Morgan fingerprint density at radius 1 is 1.00 bits per heavy atom. The van der Waals surface area contributed by atoms with Crippen molar-refractivity contribution in [3.63, 3.8) is 0 Å². The molecule has 0 amide bonds. The van der Waals surface area contributed by atoms with E-state index in [0.717, 1.165) is 94.7 Å². The molecular weight excluding hydrogens is 579 g/mol. The van der Waals surface area contributed by atoms with Crippen LogP contribution in [0.1, 0.15) is 93.1 Å². The number of carboxylic acid groups (broad SMARTS) is 1. The number of nitrogens with zero attached hydrogens (tertiary/aromatic N) is 4. The minimum Gasteiger partial charge on any atom is -0.494 e. The molecule has 0 unspecified atom stereocenters. The number of hydrogen-bond donors (Lipinski definition) is 1. The average Bonchev–Trinajstić information content (AvgIpc) is 3.67. The van der Waals surface area contributed by atoms with E-state index in [2.05, 4.69) is 39.6 Å². The van der Waals surface area contributed by atoms with Gasteiger partial charge in [0.15, 0.2) is 0 Å². The Bertz CT molecular complexity index is 1430. The first-order valence-corrected chi connectivity index (χ1v) is 17.6. The highest BCUT2D eigenvalue weighted by molar-refractivity contribution is 5.74. The van der Waals surface area contributed by atoms with E-state index in [1.807, 2.05) is 25.1 Å². The zero-order chi connectivity index (χ0) is 32.0. The number of likely N-dealkylation sites (tertiary alicyclic amines) is 2. The molecule has 1 aromatic heterocycles. The van der Waals surface area contributed by atoms with Crippen molar-refractivity contribution in [1.29, 1.82) is 0 Å². The van der Waals surface area contributed by atoms with Crippen LogP contribution < -0.4 is 4.74 Å². The summed E-state index contributed by atoms with van der Waals surface area (Å²) in [5.74, 6) is 1.07. The van der Waals surface area contributed by atoms with Gasteiger partial charge >= 0.3 is 5.97 Å². The van der Waals surface area contributed by atoms with Gasteiger partial charge in [-0.1, -0.05) is 43.5 Å². The molecule has 0 spiro atoms. The highest BCUT2D eigenvalue weighted by Crippen LogP contribution is 2.39. The van der Waals surface area contributed by atoms with Gasteiger partial charge in [0, 0.05) is 50.1 Å². The third-order valence-corrected chi connectivity index (χ3v) is 10.8. The van der Waals surface area contributed by atoms with Gasteiger partial charge in [-0.05, 0) is 106 Å². The first kappa shape index (κ1) is 32.7. The molecule has 2 aromatic carbocycles. The SMILES string of the molecule is CCOc1ccc(Cc2cc(C3CCN(C[C@H]4CN([C@@H](C(=O)O)C5CCCCC5)C[C@@H]4c4cccc(F)c4)CC3)n(CC)n2)cc1.